The van der Waals surface area contributed by atoms with Crippen molar-refractivity contribution in [2.45, 2.75) is 65.6 Å². The maximum absolute atomic E-state index is 13.5. The Labute approximate surface area is 239 Å². The molecule has 216 valence electrons. The zero-order valence-electron chi connectivity index (χ0n) is 24.4. The molecule has 1 aliphatic rings. The van der Waals surface area contributed by atoms with E-state index >= 15 is 0 Å². The van der Waals surface area contributed by atoms with Gasteiger partial charge < -0.3 is 19.4 Å². The molecule has 1 aromatic carbocycles. The number of ether oxygens (including phenoxy) is 2. The van der Waals surface area contributed by atoms with Gasteiger partial charge in [0, 0.05) is 36.8 Å². The number of aromatic nitrogens is 5. The Morgan fingerprint density at radius 3 is 2.76 bits per heavy atom. The van der Waals surface area contributed by atoms with Crippen LogP contribution < -0.4 is 15.4 Å². The van der Waals surface area contributed by atoms with Crippen molar-refractivity contribution >= 4 is 29.0 Å². The van der Waals surface area contributed by atoms with Gasteiger partial charge in [-0.15, -0.1) is 0 Å². The summed E-state index contributed by atoms with van der Waals surface area (Å²) in [4.78, 5) is 35.7. The van der Waals surface area contributed by atoms with E-state index in [0.29, 0.717) is 60.3 Å². The minimum Gasteiger partial charge on any atom is -0.477 e. The van der Waals surface area contributed by atoms with Gasteiger partial charge in [-0.1, -0.05) is 19.1 Å². The number of nitrogens with zero attached hydrogens (tertiary/aromatic N) is 5. The molecule has 2 atom stereocenters. The number of alkyl carbamates (subject to hydrolysis) is 1. The van der Waals surface area contributed by atoms with Gasteiger partial charge in [0.1, 0.15) is 5.60 Å². The molecular weight excluding hydrogens is 522 g/mol. The van der Waals surface area contributed by atoms with Crippen LogP contribution in [0, 0.1) is 12.8 Å². The minimum atomic E-state index is -0.617. The summed E-state index contributed by atoms with van der Waals surface area (Å²) in [6.45, 7) is 10.3. The summed E-state index contributed by atoms with van der Waals surface area (Å²) in [5.41, 5.74) is 3.49. The molecule has 2 N–H and O–H groups in total. The fourth-order valence-electron chi connectivity index (χ4n) is 5.04. The van der Waals surface area contributed by atoms with Gasteiger partial charge in [-0.25, -0.2) is 14.5 Å². The number of rotatable bonds is 1. The normalized spacial score (nSPS) is 18.1. The van der Waals surface area contributed by atoms with E-state index in [4.69, 9.17) is 14.5 Å². The summed E-state index contributed by atoms with van der Waals surface area (Å²) in [7, 11) is 1.80. The second-order valence-corrected chi connectivity index (χ2v) is 11.6. The van der Waals surface area contributed by atoms with Crippen molar-refractivity contribution in [3.05, 3.63) is 53.9 Å². The highest BCUT2D eigenvalue weighted by Crippen LogP contribution is 2.30. The number of nitrogens with one attached hydrogen (secondary N) is 2. The number of benzene rings is 1. The largest absolute Gasteiger partial charge is 0.477 e. The molecule has 4 heterocycles. The quantitative estimate of drug-likeness (QED) is 0.333. The van der Waals surface area contributed by atoms with E-state index in [1.54, 1.807) is 30.1 Å². The average molecular weight is 560 g/mol. The summed E-state index contributed by atoms with van der Waals surface area (Å²) >= 11 is 0. The number of carbonyl (C=O) groups is 2. The molecule has 3 aromatic heterocycles. The first-order valence-electron chi connectivity index (χ1n) is 13.9. The third kappa shape index (κ3) is 6.34. The van der Waals surface area contributed by atoms with Crippen molar-refractivity contribution in [3.8, 4) is 17.1 Å². The number of carbonyl (C=O) groups excluding carboxylic acids is 2. The Balaban J connectivity index is 1.55. The summed E-state index contributed by atoms with van der Waals surface area (Å²) in [5, 5.41) is 10.5. The summed E-state index contributed by atoms with van der Waals surface area (Å²) in [6.07, 6.45) is 2.58. The molecule has 41 heavy (non-hydrogen) atoms. The SMILES string of the molecule is Cc1cc2cc(n1)-c1cnn(C)c1OCC(C)[C@@H](NC(=O)OC(C)(C)C)CCCn1c(nc3ccccc31)NC2=O. The van der Waals surface area contributed by atoms with Gasteiger partial charge in [0.05, 0.1) is 35.1 Å². The van der Waals surface area contributed by atoms with Crippen LogP contribution in [0.25, 0.3) is 22.3 Å². The lowest BCUT2D eigenvalue weighted by Crippen LogP contribution is -2.44. The maximum atomic E-state index is 13.5. The van der Waals surface area contributed by atoms with Crippen molar-refractivity contribution < 1.29 is 19.1 Å². The lowest BCUT2D eigenvalue weighted by atomic mass is 9.98. The molecule has 0 radical (unpaired) electrons. The number of para-hydroxylation sites is 2. The number of fused-ring (bicyclic) bond motifs is 7. The number of hydrogen-bond acceptors (Lipinski definition) is 7. The van der Waals surface area contributed by atoms with Crippen molar-refractivity contribution in [2.75, 3.05) is 11.9 Å². The van der Waals surface area contributed by atoms with E-state index in [-0.39, 0.29) is 17.9 Å². The van der Waals surface area contributed by atoms with Gasteiger partial charge in [0.2, 0.25) is 11.8 Å². The number of anilines is 1. The predicted molar refractivity (Wildman–Crippen MR) is 156 cm³/mol. The average Bonchev–Trinajstić information content (AvgIpc) is 3.44. The summed E-state index contributed by atoms with van der Waals surface area (Å²) in [5.74, 6) is 0.656. The van der Waals surface area contributed by atoms with E-state index in [9.17, 15) is 9.59 Å². The number of pyridine rings is 1. The highest BCUT2D eigenvalue weighted by molar-refractivity contribution is 6.04. The highest BCUT2D eigenvalue weighted by atomic mass is 16.6. The van der Waals surface area contributed by atoms with Gasteiger partial charge >= 0.3 is 6.09 Å². The van der Waals surface area contributed by atoms with Crippen molar-refractivity contribution in [2.24, 2.45) is 13.0 Å². The van der Waals surface area contributed by atoms with E-state index in [1.165, 1.54) is 0 Å². The number of hydrogen-bond donors (Lipinski definition) is 2. The van der Waals surface area contributed by atoms with Crippen molar-refractivity contribution in [1.29, 1.82) is 0 Å². The Hall–Kier alpha value is -4.41. The van der Waals surface area contributed by atoms with Crippen LogP contribution >= 0.6 is 0 Å². The summed E-state index contributed by atoms with van der Waals surface area (Å²) in [6, 6.07) is 11.0. The van der Waals surface area contributed by atoms with Gasteiger partial charge in [-0.05, 0) is 64.8 Å². The van der Waals surface area contributed by atoms with Crippen LogP contribution in [0.5, 0.6) is 5.88 Å². The summed E-state index contributed by atoms with van der Waals surface area (Å²) < 4.78 is 15.5. The lowest BCUT2D eigenvalue weighted by molar-refractivity contribution is 0.0472. The number of imidazole rings is 1. The molecule has 1 aliphatic heterocycles. The Kier molecular flexibility index (Phi) is 7.70. The second kappa shape index (κ2) is 11.2. The van der Waals surface area contributed by atoms with Gasteiger partial charge in [-0.3, -0.25) is 15.1 Å². The van der Waals surface area contributed by atoms with E-state index in [2.05, 4.69) is 20.7 Å². The Morgan fingerprint density at radius 1 is 1.20 bits per heavy atom. The molecule has 1 unspecified atom stereocenters. The molecule has 11 nitrogen and oxygen atoms in total. The number of aryl methyl sites for hydroxylation is 3. The molecule has 0 aliphatic carbocycles. The highest BCUT2D eigenvalue weighted by Gasteiger charge is 2.26. The number of amides is 2. The monoisotopic (exact) mass is 559 g/mol. The molecule has 0 saturated heterocycles. The minimum absolute atomic E-state index is 0.0575. The van der Waals surface area contributed by atoms with E-state index in [1.807, 2.05) is 63.5 Å². The molecule has 4 aromatic rings. The second-order valence-electron chi connectivity index (χ2n) is 11.6. The Morgan fingerprint density at radius 2 is 1.98 bits per heavy atom. The third-order valence-electron chi connectivity index (χ3n) is 7.02. The fraction of sp³-hybridized carbons (Fsp3) is 0.433. The first-order valence-corrected chi connectivity index (χ1v) is 13.9. The zero-order valence-corrected chi connectivity index (χ0v) is 24.4. The van der Waals surface area contributed by atoms with Crippen LogP contribution in [0.1, 0.15) is 56.6 Å². The van der Waals surface area contributed by atoms with Crippen LogP contribution in [0.3, 0.4) is 0 Å². The molecule has 0 fully saturated rings. The van der Waals surface area contributed by atoms with Crippen LogP contribution in [0.2, 0.25) is 0 Å². The topological polar surface area (TPSA) is 125 Å². The standard InChI is InChI=1S/C30H37N7O4/c1-18-17-40-27-21(16-31-36(27)6)24-15-20(14-19(2)32-24)26(38)35-28-33-23-10-7-8-12-25(23)37(28)13-9-11-22(18)34-29(39)41-30(3,4)5/h7-8,10,12,14-16,18,22H,9,11,13,17H2,1-6H3,(H,34,39)(H,33,35,38)/t18?,22-/m0/s1. The molecule has 11 heteroatoms. The molecular formula is C30H37N7O4. The molecule has 5 rings (SSSR count). The van der Waals surface area contributed by atoms with Crippen molar-refractivity contribution in [3.63, 3.8) is 0 Å². The predicted octanol–water partition coefficient (Wildman–Crippen LogP) is 5.09. The van der Waals surface area contributed by atoms with E-state index in [0.717, 1.165) is 11.0 Å². The van der Waals surface area contributed by atoms with Gasteiger partial charge in [0.25, 0.3) is 5.91 Å². The van der Waals surface area contributed by atoms with Crippen LogP contribution in [0.4, 0.5) is 10.7 Å². The maximum Gasteiger partial charge on any atom is 0.407 e. The fourth-order valence-corrected chi connectivity index (χ4v) is 5.04. The smallest absolute Gasteiger partial charge is 0.407 e. The van der Waals surface area contributed by atoms with E-state index < -0.39 is 11.7 Å². The Bertz CT molecular complexity index is 1580. The molecule has 2 amide bonds. The molecule has 0 spiro atoms. The first kappa shape index (κ1) is 28.1. The van der Waals surface area contributed by atoms with Gasteiger partial charge in [-0.2, -0.15) is 5.10 Å². The molecule has 0 saturated carbocycles. The van der Waals surface area contributed by atoms with Crippen LogP contribution in [0.15, 0.2) is 42.6 Å². The van der Waals surface area contributed by atoms with Gasteiger partial charge in [0.15, 0.2) is 0 Å². The lowest BCUT2D eigenvalue weighted by Gasteiger charge is -2.28. The van der Waals surface area contributed by atoms with Crippen LogP contribution in [-0.2, 0) is 18.3 Å². The zero-order chi connectivity index (χ0) is 29.3. The van der Waals surface area contributed by atoms with Crippen LogP contribution in [-0.4, -0.2) is 54.6 Å². The first-order chi connectivity index (χ1) is 19.5. The molecule has 2 bridgehead atoms. The third-order valence-corrected chi connectivity index (χ3v) is 7.02. The van der Waals surface area contributed by atoms with Crippen molar-refractivity contribution in [1.82, 2.24) is 29.6 Å².